The zero-order chi connectivity index (χ0) is 24.0. The van der Waals surface area contributed by atoms with E-state index in [1.54, 1.807) is 12.1 Å². The first kappa shape index (κ1) is 22.7. The molecule has 2 aromatic carbocycles. The van der Waals surface area contributed by atoms with E-state index in [9.17, 15) is 13.2 Å². The molecule has 3 aliphatic rings. The number of carbonyl (C=O) groups excluding carboxylic acids is 1. The highest BCUT2D eigenvalue weighted by molar-refractivity contribution is 7.89. The van der Waals surface area contributed by atoms with E-state index < -0.39 is 10.0 Å². The number of piperidine rings is 2. The molecule has 3 heterocycles. The van der Waals surface area contributed by atoms with E-state index in [0.717, 1.165) is 48.4 Å². The summed E-state index contributed by atoms with van der Waals surface area (Å²) in [6.07, 6.45) is 5.29. The quantitative estimate of drug-likeness (QED) is 0.585. The molecule has 9 heteroatoms. The van der Waals surface area contributed by atoms with Crippen LogP contribution in [0.25, 0.3) is 10.8 Å². The highest BCUT2D eigenvalue weighted by Crippen LogP contribution is 2.39. The second-order valence-corrected chi connectivity index (χ2v) is 12.1. The lowest BCUT2D eigenvalue weighted by molar-refractivity contribution is -0.137. The monoisotopic (exact) mass is 493 g/mol. The van der Waals surface area contributed by atoms with Crippen molar-refractivity contribution in [3.63, 3.8) is 0 Å². The molecule has 0 unspecified atom stereocenters. The molecule has 3 fully saturated rings. The molecular formula is C26H31N5O3S. The highest BCUT2D eigenvalue weighted by atomic mass is 32.2. The average Bonchev–Trinajstić information content (AvgIpc) is 3.64. The summed E-state index contributed by atoms with van der Waals surface area (Å²) in [7, 11) is -3.57. The van der Waals surface area contributed by atoms with Crippen molar-refractivity contribution in [2.75, 3.05) is 26.2 Å². The van der Waals surface area contributed by atoms with E-state index in [4.69, 9.17) is 4.98 Å². The number of aromatic nitrogens is 3. The van der Waals surface area contributed by atoms with Gasteiger partial charge in [0.1, 0.15) is 5.82 Å². The number of rotatable bonds is 5. The second kappa shape index (κ2) is 9.02. The van der Waals surface area contributed by atoms with Crippen LogP contribution in [0.3, 0.4) is 0 Å². The number of likely N-dealkylation sites (tertiary alicyclic amines) is 1. The molecular weight excluding hydrogens is 462 g/mol. The van der Waals surface area contributed by atoms with Gasteiger partial charge < -0.3 is 4.90 Å². The van der Waals surface area contributed by atoms with Crippen LogP contribution >= 0.6 is 0 Å². The van der Waals surface area contributed by atoms with Gasteiger partial charge >= 0.3 is 0 Å². The summed E-state index contributed by atoms with van der Waals surface area (Å²) in [6, 6.07) is 13.0. The number of hydrogen-bond donors (Lipinski definition) is 1. The zero-order valence-corrected chi connectivity index (χ0v) is 20.6. The van der Waals surface area contributed by atoms with Gasteiger partial charge in [0, 0.05) is 43.9 Å². The third kappa shape index (κ3) is 4.47. The van der Waals surface area contributed by atoms with E-state index >= 15 is 0 Å². The van der Waals surface area contributed by atoms with Gasteiger partial charge in [0.05, 0.1) is 4.90 Å². The van der Waals surface area contributed by atoms with Crippen molar-refractivity contribution < 1.29 is 13.2 Å². The van der Waals surface area contributed by atoms with Crippen LogP contribution < -0.4 is 0 Å². The Balaban J connectivity index is 1.04. The molecule has 1 aromatic heterocycles. The van der Waals surface area contributed by atoms with Gasteiger partial charge in [0.2, 0.25) is 15.9 Å². The second-order valence-electron chi connectivity index (χ2n) is 10.1. The zero-order valence-electron chi connectivity index (χ0n) is 19.8. The predicted molar refractivity (Wildman–Crippen MR) is 132 cm³/mol. The van der Waals surface area contributed by atoms with E-state index in [2.05, 4.69) is 10.2 Å². The molecule has 0 atom stereocenters. The largest absolute Gasteiger partial charge is 0.342 e. The Labute approximate surface area is 205 Å². The van der Waals surface area contributed by atoms with Crippen molar-refractivity contribution in [2.24, 2.45) is 5.92 Å². The van der Waals surface area contributed by atoms with Crippen molar-refractivity contribution >= 4 is 26.7 Å². The van der Waals surface area contributed by atoms with Crippen LogP contribution in [0.1, 0.15) is 62.0 Å². The molecule has 2 saturated heterocycles. The maximum atomic E-state index is 13.2. The molecule has 1 N–H and O–H groups in total. The molecule has 8 nitrogen and oxygen atoms in total. The first-order valence-corrected chi connectivity index (χ1v) is 14.1. The van der Waals surface area contributed by atoms with Crippen molar-refractivity contribution in [3.8, 4) is 0 Å². The van der Waals surface area contributed by atoms with Crippen LogP contribution in [-0.2, 0) is 14.8 Å². The van der Waals surface area contributed by atoms with Crippen LogP contribution in [0, 0.1) is 5.92 Å². The Morgan fingerprint density at radius 1 is 0.857 bits per heavy atom. The summed E-state index contributed by atoms with van der Waals surface area (Å²) in [5.74, 6) is 2.84. The summed E-state index contributed by atoms with van der Waals surface area (Å²) in [4.78, 5) is 20.2. The number of nitrogens with one attached hydrogen (secondary N) is 1. The van der Waals surface area contributed by atoms with Crippen molar-refractivity contribution in [2.45, 2.75) is 55.3 Å². The number of aromatic amines is 1. The molecule has 0 spiro atoms. The number of carbonyl (C=O) groups is 1. The lowest BCUT2D eigenvalue weighted by atomic mass is 9.92. The van der Waals surface area contributed by atoms with Crippen LogP contribution in [0.4, 0.5) is 0 Å². The standard InChI is InChI=1S/C26H31N5O3S/c32-26(30-13-9-20(10-14-30)25-27-24(28-29-25)19-5-6-19)21-11-15-31(16-12-21)35(33,34)23-8-7-18-3-1-2-4-22(18)17-23/h1-4,7-8,17,19-21H,5-6,9-16H2,(H,27,28,29). The lowest BCUT2D eigenvalue weighted by Gasteiger charge is -2.36. The summed E-state index contributed by atoms with van der Waals surface area (Å²) >= 11 is 0. The third-order valence-electron chi connectivity index (χ3n) is 7.82. The van der Waals surface area contributed by atoms with Gasteiger partial charge in [-0.05, 0) is 61.4 Å². The summed E-state index contributed by atoms with van der Waals surface area (Å²) in [5.41, 5.74) is 0. The molecule has 35 heavy (non-hydrogen) atoms. The molecule has 1 saturated carbocycles. The first-order valence-electron chi connectivity index (χ1n) is 12.7. The molecule has 3 aromatic rings. The van der Waals surface area contributed by atoms with E-state index in [-0.39, 0.29) is 11.8 Å². The van der Waals surface area contributed by atoms with Gasteiger partial charge in [-0.15, -0.1) is 0 Å². The maximum Gasteiger partial charge on any atom is 0.243 e. The average molecular weight is 494 g/mol. The third-order valence-corrected chi connectivity index (χ3v) is 9.71. The fourth-order valence-corrected chi connectivity index (χ4v) is 6.95. The van der Waals surface area contributed by atoms with Crippen molar-refractivity contribution in [1.82, 2.24) is 24.4 Å². The van der Waals surface area contributed by atoms with Gasteiger partial charge in [-0.25, -0.2) is 13.4 Å². The highest BCUT2D eigenvalue weighted by Gasteiger charge is 2.36. The Bertz CT molecular complexity index is 1330. The Morgan fingerprint density at radius 2 is 1.57 bits per heavy atom. The minimum absolute atomic E-state index is 0.110. The fraction of sp³-hybridized carbons (Fsp3) is 0.500. The van der Waals surface area contributed by atoms with E-state index in [1.165, 1.54) is 17.1 Å². The molecule has 2 aliphatic heterocycles. The Morgan fingerprint density at radius 3 is 2.29 bits per heavy atom. The molecule has 0 bridgehead atoms. The number of fused-ring (bicyclic) bond motifs is 1. The molecule has 6 rings (SSSR count). The molecule has 1 aliphatic carbocycles. The first-order chi connectivity index (χ1) is 17.0. The summed E-state index contributed by atoms with van der Waals surface area (Å²) in [5, 5.41) is 9.43. The van der Waals surface area contributed by atoms with Crippen LogP contribution in [0.2, 0.25) is 0 Å². The van der Waals surface area contributed by atoms with Crippen molar-refractivity contribution in [1.29, 1.82) is 0 Å². The summed E-state index contributed by atoms with van der Waals surface area (Å²) in [6.45, 7) is 2.20. The SMILES string of the molecule is O=C(C1CCN(S(=O)(=O)c2ccc3ccccc3c2)CC1)N1CCC(c2nc(C3CC3)n[nH]2)CC1. The number of benzene rings is 2. The smallest absolute Gasteiger partial charge is 0.243 e. The molecule has 0 radical (unpaired) electrons. The Kier molecular flexibility index (Phi) is 5.84. The minimum atomic E-state index is -3.57. The number of amides is 1. The predicted octanol–water partition coefficient (Wildman–Crippen LogP) is 3.64. The number of nitrogens with zero attached hydrogens (tertiary/aromatic N) is 4. The van der Waals surface area contributed by atoms with E-state index in [0.29, 0.717) is 42.7 Å². The minimum Gasteiger partial charge on any atom is -0.342 e. The molecule has 184 valence electrons. The lowest BCUT2D eigenvalue weighted by Crippen LogP contribution is -2.46. The maximum absolute atomic E-state index is 13.2. The normalized spacial score (nSPS) is 21.0. The van der Waals surface area contributed by atoms with Gasteiger partial charge in [-0.3, -0.25) is 9.89 Å². The van der Waals surface area contributed by atoms with Crippen LogP contribution in [-0.4, -0.2) is 64.9 Å². The van der Waals surface area contributed by atoms with Gasteiger partial charge in [0.15, 0.2) is 5.82 Å². The number of sulfonamides is 1. The topological polar surface area (TPSA) is 99.3 Å². The Hall–Kier alpha value is -2.78. The number of hydrogen-bond acceptors (Lipinski definition) is 5. The van der Waals surface area contributed by atoms with E-state index in [1.807, 2.05) is 35.2 Å². The van der Waals surface area contributed by atoms with Gasteiger partial charge in [0.25, 0.3) is 0 Å². The number of H-pyrrole nitrogens is 1. The van der Waals surface area contributed by atoms with Crippen molar-refractivity contribution in [3.05, 3.63) is 54.1 Å². The van der Waals surface area contributed by atoms with Gasteiger partial charge in [-0.1, -0.05) is 30.3 Å². The van der Waals surface area contributed by atoms with Gasteiger partial charge in [-0.2, -0.15) is 9.40 Å². The molecule has 1 amide bonds. The van der Waals surface area contributed by atoms with Crippen LogP contribution in [0.15, 0.2) is 47.4 Å². The van der Waals surface area contributed by atoms with Crippen LogP contribution in [0.5, 0.6) is 0 Å². The fourth-order valence-electron chi connectivity index (χ4n) is 5.45. The summed E-state index contributed by atoms with van der Waals surface area (Å²) < 4.78 is 28.0.